The van der Waals surface area contributed by atoms with Crippen LogP contribution in [0, 0.1) is 13.8 Å². The largest absolute Gasteiger partial charge is 0.481 e. The first-order chi connectivity index (χ1) is 11.4. The van der Waals surface area contributed by atoms with Crippen LogP contribution >= 0.6 is 22.9 Å². The number of fused-ring (bicyclic) bond motifs is 1. The summed E-state index contributed by atoms with van der Waals surface area (Å²) in [6.45, 7) is 5.88. The molecule has 0 bridgehead atoms. The summed E-state index contributed by atoms with van der Waals surface area (Å²) in [6, 6.07) is 6.97. The standard InChI is InChI=1S/C16H17ClN4O2S/c1-9-14(21-16(19-9)24-11(3)20-21)8-18-15(22)10(2)23-13-6-4-5-12(17)7-13/h4-7,10H,8H2,1-3H3,(H,18,22)/t10-/m0/s1. The molecule has 8 heteroatoms. The molecule has 6 nitrogen and oxygen atoms in total. The van der Waals surface area contributed by atoms with Gasteiger partial charge in [0.2, 0.25) is 4.96 Å². The molecule has 0 aliphatic carbocycles. The summed E-state index contributed by atoms with van der Waals surface area (Å²) in [5.41, 5.74) is 1.73. The zero-order valence-electron chi connectivity index (χ0n) is 13.5. The van der Waals surface area contributed by atoms with Crippen LogP contribution in [-0.2, 0) is 11.3 Å². The molecule has 1 amide bonds. The molecule has 1 aromatic carbocycles. The van der Waals surface area contributed by atoms with E-state index in [1.165, 1.54) is 11.3 Å². The van der Waals surface area contributed by atoms with E-state index in [1.54, 1.807) is 35.7 Å². The fourth-order valence-electron chi connectivity index (χ4n) is 2.30. The molecule has 1 N–H and O–H groups in total. The maximum Gasteiger partial charge on any atom is 0.261 e. The Morgan fingerprint density at radius 2 is 2.25 bits per heavy atom. The first-order valence-corrected chi connectivity index (χ1v) is 8.65. The second kappa shape index (κ2) is 6.78. The summed E-state index contributed by atoms with van der Waals surface area (Å²) < 4.78 is 7.39. The van der Waals surface area contributed by atoms with Gasteiger partial charge < -0.3 is 10.1 Å². The molecule has 2 heterocycles. The number of ether oxygens (including phenoxy) is 1. The minimum atomic E-state index is -0.635. The van der Waals surface area contributed by atoms with Gasteiger partial charge in [-0.2, -0.15) is 5.10 Å². The molecule has 126 valence electrons. The quantitative estimate of drug-likeness (QED) is 0.755. The SMILES string of the molecule is Cc1nn2c(CNC(=O)[C@H](C)Oc3cccc(Cl)c3)c(C)nc2s1. The Balaban J connectivity index is 1.64. The van der Waals surface area contributed by atoms with Crippen LogP contribution in [0.3, 0.4) is 0 Å². The first-order valence-electron chi connectivity index (χ1n) is 7.45. The number of amides is 1. The maximum absolute atomic E-state index is 12.3. The Hall–Kier alpha value is -2.12. The number of hydrogen-bond acceptors (Lipinski definition) is 5. The zero-order chi connectivity index (χ0) is 17.3. The third kappa shape index (κ3) is 3.52. The van der Waals surface area contributed by atoms with Crippen LogP contribution in [0.4, 0.5) is 0 Å². The second-order valence-electron chi connectivity index (χ2n) is 5.39. The summed E-state index contributed by atoms with van der Waals surface area (Å²) in [5.74, 6) is 0.347. The van der Waals surface area contributed by atoms with E-state index in [0.29, 0.717) is 17.3 Å². The molecule has 3 aromatic rings. The third-order valence-electron chi connectivity index (χ3n) is 3.51. The molecule has 3 rings (SSSR count). The van der Waals surface area contributed by atoms with Crippen molar-refractivity contribution in [1.29, 1.82) is 0 Å². The fraction of sp³-hybridized carbons (Fsp3) is 0.312. The van der Waals surface area contributed by atoms with E-state index in [1.807, 2.05) is 13.8 Å². The summed E-state index contributed by atoms with van der Waals surface area (Å²) in [4.78, 5) is 17.6. The monoisotopic (exact) mass is 364 g/mol. The van der Waals surface area contributed by atoms with Crippen molar-refractivity contribution in [2.24, 2.45) is 0 Å². The van der Waals surface area contributed by atoms with Gasteiger partial charge in [-0.15, -0.1) is 0 Å². The van der Waals surface area contributed by atoms with Gasteiger partial charge in [0.15, 0.2) is 6.10 Å². The Kier molecular flexibility index (Phi) is 4.73. The number of aryl methyl sites for hydroxylation is 2. The molecule has 0 aliphatic rings. The van der Waals surface area contributed by atoms with E-state index in [4.69, 9.17) is 16.3 Å². The van der Waals surface area contributed by atoms with Crippen LogP contribution in [0.1, 0.15) is 23.3 Å². The highest BCUT2D eigenvalue weighted by Gasteiger charge is 2.17. The van der Waals surface area contributed by atoms with Crippen molar-refractivity contribution >= 4 is 33.8 Å². The average molecular weight is 365 g/mol. The van der Waals surface area contributed by atoms with E-state index >= 15 is 0 Å². The summed E-state index contributed by atoms with van der Waals surface area (Å²) in [5, 5.41) is 8.78. The van der Waals surface area contributed by atoms with Gasteiger partial charge in [0.25, 0.3) is 5.91 Å². The van der Waals surface area contributed by atoms with Gasteiger partial charge in [-0.3, -0.25) is 4.79 Å². The Morgan fingerprint density at radius 3 is 3.00 bits per heavy atom. The normalized spacial score (nSPS) is 12.3. The first kappa shape index (κ1) is 16.7. The minimum Gasteiger partial charge on any atom is -0.481 e. The number of carbonyl (C=O) groups excluding carboxylic acids is 1. The maximum atomic E-state index is 12.3. The number of halogens is 1. The Labute approximate surface area is 148 Å². The Morgan fingerprint density at radius 1 is 1.46 bits per heavy atom. The van der Waals surface area contributed by atoms with Gasteiger partial charge in [-0.25, -0.2) is 9.50 Å². The summed E-state index contributed by atoms with van der Waals surface area (Å²) >= 11 is 7.44. The number of rotatable bonds is 5. The van der Waals surface area contributed by atoms with E-state index in [0.717, 1.165) is 21.4 Å². The zero-order valence-corrected chi connectivity index (χ0v) is 15.1. The smallest absolute Gasteiger partial charge is 0.261 e. The average Bonchev–Trinajstić information content (AvgIpc) is 3.00. The van der Waals surface area contributed by atoms with Gasteiger partial charge in [0, 0.05) is 5.02 Å². The van der Waals surface area contributed by atoms with E-state index in [-0.39, 0.29) is 5.91 Å². The van der Waals surface area contributed by atoms with Crippen molar-refractivity contribution in [3.63, 3.8) is 0 Å². The highest BCUT2D eigenvalue weighted by atomic mass is 35.5. The number of nitrogens with zero attached hydrogens (tertiary/aromatic N) is 3. The number of hydrogen-bond donors (Lipinski definition) is 1. The predicted molar refractivity (Wildman–Crippen MR) is 93.7 cm³/mol. The van der Waals surface area contributed by atoms with Gasteiger partial charge in [-0.05, 0) is 39.0 Å². The predicted octanol–water partition coefficient (Wildman–Crippen LogP) is 3.14. The van der Waals surface area contributed by atoms with Gasteiger partial charge in [0.05, 0.1) is 17.9 Å². The molecule has 2 aromatic heterocycles. The lowest BCUT2D eigenvalue weighted by atomic mass is 10.3. The third-order valence-corrected chi connectivity index (χ3v) is 4.56. The number of nitrogens with one attached hydrogen (secondary N) is 1. The van der Waals surface area contributed by atoms with Crippen molar-refractivity contribution in [1.82, 2.24) is 19.9 Å². The summed E-state index contributed by atoms with van der Waals surface area (Å²) in [7, 11) is 0. The van der Waals surface area contributed by atoms with Crippen molar-refractivity contribution in [3.05, 3.63) is 45.7 Å². The molecule has 24 heavy (non-hydrogen) atoms. The molecule has 0 fully saturated rings. The van der Waals surface area contributed by atoms with Crippen molar-refractivity contribution in [3.8, 4) is 5.75 Å². The number of imidazole rings is 1. The van der Waals surface area contributed by atoms with Crippen LogP contribution in [0.15, 0.2) is 24.3 Å². The lowest BCUT2D eigenvalue weighted by molar-refractivity contribution is -0.127. The van der Waals surface area contributed by atoms with Crippen LogP contribution in [0.2, 0.25) is 5.02 Å². The molecule has 0 saturated heterocycles. The molecular weight excluding hydrogens is 348 g/mol. The van der Waals surface area contributed by atoms with Crippen molar-refractivity contribution in [2.75, 3.05) is 0 Å². The number of aromatic nitrogens is 3. The van der Waals surface area contributed by atoms with Crippen LogP contribution in [0.25, 0.3) is 4.96 Å². The lowest BCUT2D eigenvalue weighted by Crippen LogP contribution is -2.36. The molecule has 0 spiro atoms. The highest BCUT2D eigenvalue weighted by Crippen LogP contribution is 2.19. The minimum absolute atomic E-state index is 0.212. The fourth-order valence-corrected chi connectivity index (χ4v) is 3.29. The van der Waals surface area contributed by atoms with Crippen molar-refractivity contribution in [2.45, 2.75) is 33.4 Å². The van der Waals surface area contributed by atoms with Gasteiger partial charge in [-0.1, -0.05) is 29.0 Å². The van der Waals surface area contributed by atoms with E-state index in [9.17, 15) is 4.79 Å². The molecule has 0 unspecified atom stereocenters. The number of carbonyl (C=O) groups is 1. The summed E-state index contributed by atoms with van der Waals surface area (Å²) in [6.07, 6.45) is -0.635. The second-order valence-corrected chi connectivity index (χ2v) is 6.99. The van der Waals surface area contributed by atoms with Gasteiger partial charge >= 0.3 is 0 Å². The van der Waals surface area contributed by atoms with E-state index in [2.05, 4.69) is 15.4 Å². The molecule has 0 saturated carbocycles. The number of benzene rings is 1. The topological polar surface area (TPSA) is 68.5 Å². The van der Waals surface area contributed by atoms with Gasteiger partial charge in [0.1, 0.15) is 10.8 Å². The van der Waals surface area contributed by atoms with Crippen LogP contribution in [0.5, 0.6) is 5.75 Å². The Bertz CT molecular complexity index is 889. The van der Waals surface area contributed by atoms with Crippen LogP contribution in [-0.4, -0.2) is 26.6 Å². The van der Waals surface area contributed by atoms with Crippen LogP contribution < -0.4 is 10.1 Å². The molecule has 0 aliphatic heterocycles. The van der Waals surface area contributed by atoms with E-state index < -0.39 is 6.10 Å². The highest BCUT2D eigenvalue weighted by molar-refractivity contribution is 7.16. The molecular formula is C16H17ClN4O2S. The molecule has 0 radical (unpaired) electrons. The van der Waals surface area contributed by atoms with Crippen molar-refractivity contribution < 1.29 is 9.53 Å². The molecule has 1 atom stereocenters. The lowest BCUT2D eigenvalue weighted by Gasteiger charge is -2.14.